The number of benzene rings is 4. The van der Waals surface area contributed by atoms with Crippen molar-refractivity contribution >= 4 is 44.0 Å². The highest BCUT2D eigenvalue weighted by molar-refractivity contribution is 9.10. The molecule has 4 rings (SSSR count). The Morgan fingerprint density at radius 3 is 2.52 bits per heavy atom. The molecule has 0 atom stereocenters. The lowest BCUT2D eigenvalue weighted by Crippen LogP contribution is -2.05. The molecule has 0 heterocycles. The zero-order valence-corrected chi connectivity index (χ0v) is 17.8. The molecule has 0 spiro atoms. The lowest BCUT2D eigenvalue weighted by Gasteiger charge is -2.16. The number of hydrogen-bond donors (Lipinski definition) is 1. The number of rotatable bonds is 6. The van der Waals surface area contributed by atoms with E-state index in [4.69, 9.17) is 16.3 Å². The van der Waals surface area contributed by atoms with E-state index in [1.165, 1.54) is 12.1 Å². The highest BCUT2D eigenvalue weighted by Crippen LogP contribution is 2.30. The highest BCUT2D eigenvalue weighted by Gasteiger charge is 2.11. The van der Waals surface area contributed by atoms with Gasteiger partial charge in [0.15, 0.2) is 0 Å². The van der Waals surface area contributed by atoms with Crippen LogP contribution in [-0.2, 0) is 13.2 Å². The summed E-state index contributed by atoms with van der Waals surface area (Å²) in [5.41, 5.74) is 2.82. The fourth-order valence-electron chi connectivity index (χ4n) is 3.19. The van der Waals surface area contributed by atoms with Crippen LogP contribution >= 0.6 is 27.5 Å². The third kappa shape index (κ3) is 4.72. The maximum absolute atomic E-state index is 13.3. The van der Waals surface area contributed by atoms with Gasteiger partial charge >= 0.3 is 0 Å². The lowest BCUT2D eigenvalue weighted by molar-refractivity contribution is 0.304. The van der Waals surface area contributed by atoms with Gasteiger partial charge in [0.25, 0.3) is 0 Å². The van der Waals surface area contributed by atoms with Crippen molar-refractivity contribution < 1.29 is 9.13 Å². The Morgan fingerprint density at radius 1 is 0.931 bits per heavy atom. The third-order valence-corrected chi connectivity index (χ3v) is 5.59. The summed E-state index contributed by atoms with van der Waals surface area (Å²) < 4.78 is 20.4. The van der Waals surface area contributed by atoms with Crippen molar-refractivity contribution in [2.24, 2.45) is 0 Å². The number of nitrogens with one attached hydrogen (secondary N) is 1. The average Bonchev–Trinajstić information content (AvgIpc) is 2.73. The molecule has 0 aromatic heterocycles. The van der Waals surface area contributed by atoms with Crippen LogP contribution in [0.15, 0.2) is 83.3 Å². The second kappa shape index (κ2) is 8.85. The molecule has 146 valence electrons. The number of halogens is 3. The van der Waals surface area contributed by atoms with Gasteiger partial charge in [-0.2, -0.15) is 0 Å². The minimum absolute atomic E-state index is 0.267. The van der Waals surface area contributed by atoms with Crippen LogP contribution in [0.3, 0.4) is 0 Å². The Bertz CT molecular complexity index is 1150. The predicted octanol–water partition coefficient (Wildman–Crippen LogP) is 7.59. The van der Waals surface area contributed by atoms with Crippen molar-refractivity contribution in [1.29, 1.82) is 0 Å². The Morgan fingerprint density at radius 2 is 1.72 bits per heavy atom. The van der Waals surface area contributed by atoms with Crippen LogP contribution in [0.1, 0.15) is 11.1 Å². The van der Waals surface area contributed by atoms with Gasteiger partial charge in [-0.1, -0.05) is 63.9 Å². The minimum atomic E-state index is -0.358. The van der Waals surface area contributed by atoms with Crippen molar-refractivity contribution in [2.45, 2.75) is 13.2 Å². The molecule has 0 unspecified atom stereocenters. The molecule has 2 nitrogen and oxygen atoms in total. The van der Waals surface area contributed by atoms with Gasteiger partial charge in [0.2, 0.25) is 0 Å². The van der Waals surface area contributed by atoms with E-state index in [-0.39, 0.29) is 12.4 Å². The molecule has 1 N–H and O–H groups in total. The summed E-state index contributed by atoms with van der Waals surface area (Å²) in [6.07, 6.45) is 0. The second-order valence-electron chi connectivity index (χ2n) is 6.65. The van der Waals surface area contributed by atoms with Crippen LogP contribution in [-0.4, -0.2) is 0 Å². The molecular weight excluding hydrogens is 453 g/mol. The molecule has 5 heteroatoms. The molecule has 0 aliphatic carbocycles. The monoisotopic (exact) mass is 469 g/mol. The first-order valence-electron chi connectivity index (χ1n) is 9.17. The molecule has 0 radical (unpaired) electrons. The molecule has 0 amide bonds. The van der Waals surface area contributed by atoms with E-state index in [0.29, 0.717) is 11.6 Å². The summed E-state index contributed by atoms with van der Waals surface area (Å²) in [6, 6.07) is 24.6. The standard InChI is InChI=1S/C24H18BrClFNO/c25-18-7-10-20(11-8-18)28-14-22-21-4-2-1-3-16(21)6-12-24(22)29-15-17-5-9-19(27)13-23(17)26/h1-13,28H,14-15H2. The Labute approximate surface area is 182 Å². The van der Waals surface area contributed by atoms with Crippen LogP contribution in [0.4, 0.5) is 10.1 Å². The fourth-order valence-corrected chi connectivity index (χ4v) is 3.67. The summed E-state index contributed by atoms with van der Waals surface area (Å²) in [7, 11) is 0. The van der Waals surface area contributed by atoms with E-state index in [2.05, 4.69) is 33.4 Å². The first-order chi connectivity index (χ1) is 14.1. The van der Waals surface area contributed by atoms with E-state index < -0.39 is 0 Å². The van der Waals surface area contributed by atoms with E-state index in [1.54, 1.807) is 6.07 Å². The SMILES string of the molecule is Fc1ccc(COc2ccc3ccccc3c2CNc2ccc(Br)cc2)c(Cl)c1. The normalized spacial score (nSPS) is 10.9. The summed E-state index contributed by atoms with van der Waals surface area (Å²) in [5, 5.41) is 6.09. The van der Waals surface area contributed by atoms with Crippen molar-refractivity contribution in [3.8, 4) is 5.75 Å². The number of hydrogen-bond acceptors (Lipinski definition) is 2. The van der Waals surface area contributed by atoms with Gasteiger partial charge in [-0.25, -0.2) is 4.39 Å². The van der Waals surface area contributed by atoms with E-state index in [1.807, 2.05) is 48.5 Å². The maximum atomic E-state index is 13.3. The second-order valence-corrected chi connectivity index (χ2v) is 7.97. The highest BCUT2D eigenvalue weighted by atomic mass is 79.9. The largest absolute Gasteiger partial charge is 0.488 e. The topological polar surface area (TPSA) is 21.3 Å². The molecule has 29 heavy (non-hydrogen) atoms. The molecule has 0 bridgehead atoms. The summed E-state index contributed by atoms with van der Waals surface area (Å²) in [6.45, 7) is 0.873. The molecule has 0 fully saturated rings. The Hall–Kier alpha value is -2.56. The Kier molecular flexibility index (Phi) is 6.02. The van der Waals surface area contributed by atoms with Crippen molar-refractivity contribution in [3.05, 3.63) is 105 Å². The van der Waals surface area contributed by atoms with Crippen LogP contribution < -0.4 is 10.1 Å². The van der Waals surface area contributed by atoms with Gasteiger partial charge in [0.05, 0.1) is 5.02 Å². The quantitative estimate of drug-likeness (QED) is 0.313. The van der Waals surface area contributed by atoms with Gasteiger partial charge in [-0.3, -0.25) is 0 Å². The zero-order chi connectivity index (χ0) is 20.2. The van der Waals surface area contributed by atoms with Crippen molar-refractivity contribution in [3.63, 3.8) is 0 Å². The van der Waals surface area contributed by atoms with E-state index in [9.17, 15) is 4.39 Å². The predicted molar refractivity (Wildman–Crippen MR) is 121 cm³/mol. The van der Waals surface area contributed by atoms with Crippen molar-refractivity contribution in [2.75, 3.05) is 5.32 Å². The van der Waals surface area contributed by atoms with Gasteiger partial charge in [-0.15, -0.1) is 0 Å². The number of ether oxygens (including phenoxy) is 1. The van der Waals surface area contributed by atoms with Crippen LogP contribution in [0.5, 0.6) is 5.75 Å². The molecular formula is C24H18BrClFNO. The molecule has 4 aromatic rings. The summed E-state index contributed by atoms with van der Waals surface area (Å²) >= 11 is 9.60. The van der Waals surface area contributed by atoms with E-state index in [0.717, 1.165) is 37.8 Å². The maximum Gasteiger partial charge on any atom is 0.125 e. The summed E-state index contributed by atoms with van der Waals surface area (Å²) in [4.78, 5) is 0. The fraction of sp³-hybridized carbons (Fsp3) is 0.0833. The first kappa shape index (κ1) is 19.7. The molecule has 4 aromatic carbocycles. The Balaban J connectivity index is 1.62. The average molecular weight is 471 g/mol. The van der Waals surface area contributed by atoms with Gasteiger partial charge in [0, 0.05) is 27.8 Å². The number of anilines is 1. The van der Waals surface area contributed by atoms with Gasteiger partial charge in [-0.05, 0) is 53.2 Å². The van der Waals surface area contributed by atoms with Crippen LogP contribution in [0.25, 0.3) is 10.8 Å². The van der Waals surface area contributed by atoms with Crippen LogP contribution in [0, 0.1) is 5.82 Å². The smallest absolute Gasteiger partial charge is 0.125 e. The molecule has 0 saturated heterocycles. The van der Waals surface area contributed by atoms with Crippen LogP contribution in [0.2, 0.25) is 5.02 Å². The first-order valence-corrected chi connectivity index (χ1v) is 10.3. The van der Waals surface area contributed by atoms with Gasteiger partial charge in [0.1, 0.15) is 18.2 Å². The molecule has 0 aliphatic heterocycles. The lowest BCUT2D eigenvalue weighted by atomic mass is 10.0. The van der Waals surface area contributed by atoms with Crippen molar-refractivity contribution in [1.82, 2.24) is 0 Å². The molecule has 0 aliphatic rings. The zero-order valence-electron chi connectivity index (χ0n) is 15.5. The molecule has 0 saturated carbocycles. The van der Waals surface area contributed by atoms with E-state index >= 15 is 0 Å². The number of fused-ring (bicyclic) bond motifs is 1. The summed E-state index contributed by atoms with van der Waals surface area (Å²) in [5.74, 6) is 0.414. The third-order valence-electron chi connectivity index (χ3n) is 4.71. The van der Waals surface area contributed by atoms with Gasteiger partial charge < -0.3 is 10.1 Å². The minimum Gasteiger partial charge on any atom is -0.488 e.